The van der Waals surface area contributed by atoms with Crippen LogP contribution in [0.1, 0.15) is 54.3 Å². The number of halogens is 3. The maximum Gasteiger partial charge on any atom is 0.355 e. The fourth-order valence-electron chi connectivity index (χ4n) is 8.13. The number of likely N-dealkylation sites (tertiary alicyclic amines) is 1. The number of fused-ring (bicyclic) bond motifs is 2. The number of carbonyl (C=O) groups is 3. The molecule has 3 aromatic carbocycles. The lowest BCUT2D eigenvalue weighted by atomic mass is 10.0. The van der Waals surface area contributed by atoms with E-state index in [-0.39, 0.29) is 48.1 Å². The molecule has 4 amide bonds. The Balaban J connectivity index is 0.937. The van der Waals surface area contributed by atoms with E-state index in [0.717, 1.165) is 5.56 Å². The van der Waals surface area contributed by atoms with Crippen LogP contribution in [-0.2, 0) is 21.9 Å². The highest BCUT2D eigenvalue weighted by Gasteiger charge is 2.30. The van der Waals surface area contributed by atoms with Crippen molar-refractivity contribution in [1.29, 1.82) is 0 Å². The topological polar surface area (TPSA) is 213 Å². The van der Waals surface area contributed by atoms with E-state index in [9.17, 15) is 36.0 Å². The highest BCUT2D eigenvalue weighted by Crippen LogP contribution is 2.41. The fourth-order valence-corrected chi connectivity index (χ4v) is 8.70. The van der Waals surface area contributed by atoms with Gasteiger partial charge in [0.2, 0.25) is 5.91 Å². The van der Waals surface area contributed by atoms with Crippen molar-refractivity contribution < 1.29 is 45.1 Å². The Labute approximate surface area is 362 Å². The number of furan rings is 1. The van der Waals surface area contributed by atoms with Crippen LogP contribution < -0.4 is 25.4 Å². The van der Waals surface area contributed by atoms with Gasteiger partial charge in [-0.15, -0.1) is 0 Å². The van der Waals surface area contributed by atoms with E-state index in [2.05, 4.69) is 15.4 Å². The molecule has 21 heteroatoms. The van der Waals surface area contributed by atoms with Gasteiger partial charge in [-0.2, -0.15) is 19.0 Å². The number of benzene rings is 3. The van der Waals surface area contributed by atoms with E-state index in [4.69, 9.17) is 20.0 Å². The Bertz CT molecular complexity index is 3090. The van der Waals surface area contributed by atoms with Gasteiger partial charge in [0.25, 0.3) is 15.9 Å². The lowest BCUT2D eigenvalue weighted by molar-refractivity contribution is -0.120. The summed E-state index contributed by atoms with van der Waals surface area (Å²) in [5, 5.41) is 12.9. The van der Waals surface area contributed by atoms with E-state index in [0.29, 0.717) is 81.4 Å². The summed E-state index contributed by atoms with van der Waals surface area (Å²) in [7, 11) is -3.35. The number of urea groups is 1. The van der Waals surface area contributed by atoms with Gasteiger partial charge < -0.3 is 19.8 Å². The average Bonchev–Trinajstić information content (AvgIpc) is 4.02. The predicted octanol–water partition coefficient (Wildman–Crippen LogP) is 6.99. The van der Waals surface area contributed by atoms with Crippen LogP contribution in [0.4, 0.5) is 35.2 Å². The predicted molar refractivity (Wildman–Crippen MR) is 229 cm³/mol. The maximum absolute atomic E-state index is 13.7. The molecule has 0 bridgehead atoms. The molecule has 0 radical (unpaired) electrons. The van der Waals surface area contributed by atoms with E-state index in [1.807, 2.05) is 15.6 Å². The molecule has 0 aliphatic carbocycles. The van der Waals surface area contributed by atoms with Crippen molar-refractivity contribution in [2.24, 2.45) is 7.05 Å². The second kappa shape index (κ2) is 16.4. The number of nitrogen functional groups attached to an aromatic ring is 1. The quantitative estimate of drug-likeness (QED) is 0.120. The number of hydrogen-bond donors (Lipinski definition) is 3. The molecule has 2 aliphatic heterocycles. The Hall–Kier alpha value is -7.42. The lowest BCUT2D eigenvalue weighted by Gasteiger charge is -2.32. The number of anilines is 3. The molecule has 4 N–H and O–H groups in total. The summed E-state index contributed by atoms with van der Waals surface area (Å²) in [6.45, 7) is 2.80. The van der Waals surface area contributed by atoms with Crippen molar-refractivity contribution in [2.45, 2.75) is 44.1 Å². The van der Waals surface area contributed by atoms with Gasteiger partial charge in [-0.05, 0) is 67.8 Å². The summed E-state index contributed by atoms with van der Waals surface area (Å²) in [6, 6.07) is 14.3. The molecule has 2 aliphatic rings. The first-order valence-corrected chi connectivity index (χ1v) is 21.6. The molecule has 0 saturated carbocycles. The number of carbonyl (C=O) groups excluding carboxylic acids is 3. The second-order valence-corrected chi connectivity index (χ2v) is 17.2. The monoisotopic (exact) mass is 896 g/mol. The van der Waals surface area contributed by atoms with Crippen LogP contribution >= 0.6 is 0 Å². The normalized spacial score (nSPS) is 15.6. The van der Waals surface area contributed by atoms with Gasteiger partial charge in [-0.1, -0.05) is 18.2 Å². The Morgan fingerprint density at radius 3 is 2.52 bits per heavy atom. The molecule has 9 rings (SSSR count). The van der Waals surface area contributed by atoms with Crippen molar-refractivity contribution in [3.05, 3.63) is 102 Å². The molecule has 7 aromatic rings. The zero-order valence-electron chi connectivity index (χ0n) is 34.2. The smallest absolute Gasteiger partial charge is 0.355 e. The van der Waals surface area contributed by atoms with Gasteiger partial charge in [0.1, 0.15) is 41.0 Å². The van der Waals surface area contributed by atoms with Crippen molar-refractivity contribution in [3.8, 4) is 28.1 Å². The molecule has 330 valence electrons. The summed E-state index contributed by atoms with van der Waals surface area (Å²) in [4.78, 5) is 45.4. The van der Waals surface area contributed by atoms with Gasteiger partial charge in [-0.3, -0.25) is 33.9 Å². The largest absolute Gasteiger partial charge is 0.484 e. The first-order chi connectivity index (χ1) is 30.6. The molecule has 0 spiro atoms. The van der Waals surface area contributed by atoms with E-state index < -0.39 is 33.7 Å². The number of alkyl halides is 2. The number of piperidine rings is 1. The molecule has 1 atom stereocenters. The molecule has 2 saturated heterocycles. The summed E-state index contributed by atoms with van der Waals surface area (Å²) in [5.41, 5.74) is 11.0. The molecule has 17 nitrogen and oxygen atoms in total. The maximum atomic E-state index is 13.7. The lowest BCUT2D eigenvalue weighted by Crippen LogP contribution is -2.49. The van der Waals surface area contributed by atoms with Crippen LogP contribution in [0.2, 0.25) is 0 Å². The summed E-state index contributed by atoms with van der Waals surface area (Å²) in [5.74, 6) is -4.62. The zero-order chi connectivity index (χ0) is 45.0. The average molecular weight is 897 g/mol. The number of nitrogens with one attached hydrogen (secondary N) is 2. The third kappa shape index (κ3) is 7.82. The summed E-state index contributed by atoms with van der Waals surface area (Å²) >= 11 is 0. The van der Waals surface area contributed by atoms with Crippen LogP contribution in [0, 0.1) is 5.82 Å². The molecule has 6 heterocycles. The van der Waals surface area contributed by atoms with Crippen molar-refractivity contribution in [2.75, 3.05) is 35.0 Å². The number of aromatic nitrogens is 5. The molecule has 2 fully saturated rings. The van der Waals surface area contributed by atoms with Gasteiger partial charge in [0, 0.05) is 73.1 Å². The minimum Gasteiger partial charge on any atom is -0.484 e. The summed E-state index contributed by atoms with van der Waals surface area (Å²) in [6.07, 6.45) is 7.34. The Kier molecular flexibility index (Phi) is 10.7. The fraction of sp³-hybridized carbons (Fsp3) is 0.256. The highest BCUT2D eigenvalue weighted by molar-refractivity contribution is 7.93. The molecular formula is C43H39F3N10O7S. The van der Waals surface area contributed by atoms with Crippen molar-refractivity contribution in [1.82, 2.24) is 34.8 Å². The van der Waals surface area contributed by atoms with Gasteiger partial charge >= 0.3 is 11.8 Å². The van der Waals surface area contributed by atoms with Crippen LogP contribution in [0.3, 0.4) is 0 Å². The third-order valence-corrected chi connectivity index (χ3v) is 12.4. The number of hydrogen-bond acceptors (Lipinski definition) is 11. The SMILES string of the molecule is C[C@H](Oc1cc(-c2nn(C)c3c(-c4cnn(C5CCN(C(=O)c6ccc7c(N8CCC(=O)NC8=O)coc7c6)CC5)c4)cnc(N)c23)ccc1NS(=O)(=O)C(F)F)c1ccc(F)cc1. The second-order valence-electron chi connectivity index (χ2n) is 15.5. The zero-order valence-corrected chi connectivity index (χ0v) is 35.0. The van der Waals surface area contributed by atoms with Gasteiger partial charge in [0.15, 0.2) is 0 Å². The van der Waals surface area contributed by atoms with Crippen LogP contribution in [0.25, 0.3) is 44.3 Å². The van der Waals surface area contributed by atoms with Gasteiger partial charge in [-0.25, -0.2) is 22.6 Å². The minimum absolute atomic E-state index is 0.0217. The van der Waals surface area contributed by atoms with Crippen LogP contribution in [-0.4, -0.2) is 81.1 Å². The number of amides is 4. The number of nitrogens with zero attached hydrogens (tertiary/aromatic N) is 7. The third-order valence-electron chi connectivity index (χ3n) is 11.5. The van der Waals surface area contributed by atoms with Gasteiger partial charge in [0.05, 0.1) is 34.5 Å². The van der Waals surface area contributed by atoms with Crippen LogP contribution in [0.5, 0.6) is 5.75 Å². The Morgan fingerprint density at radius 1 is 1.02 bits per heavy atom. The molecule has 0 unspecified atom stereocenters. The van der Waals surface area contributed by atoms with E-state index in [1.54, 1.807) is 54.1 Å². The summed E-state index contributed by atoms with van der Waals surface area (Å²) < 4.78 is 82.3. The van der Waals surface area contributed by atoms with Crippen molar-refractivity contribution >= 4 is 66.9 Å². The number of sulfonamides is 1. The first-order valence-electron chi connectivity index (χ1n) is 20.1. The standard InChI is InChI=1S/C43H39F3N10O7S/c1-23(24-3-7-28(44)8-4-24)63-35-17-25(6-10-32(35)52-64(60,61)42(45)46)38-37-39(53(2)51-38)31(20-48-40(37)47)27-19-49-56(21-27)29-11-14-54(15-12-29)41(58)26-5-9-30-33(22-62-34(30)18-26)55-16-13-36(57)50-43(55)59/h3-10,17-23,29,42,52H,11-16H2,1-2H3,(H2,47,48)(H,50,57,59)/t23-/m0/s1. The number of aryl methyl sites for hydroxylation is 1. The highest BCUT2D eigenvalue weighted by atomic mass is 32.2. The number of rotatable bonds is 11. The molecule has 4 aromatic heterocycles. The van der Waals surface area contributed by atoms with E-state index >= 15 is 0 Å². The number of ether oxygens (including phenoxy) is 1. The number of pyridine rings is 1. The van der Waals surface area contributed by atoms with Crippen LogP contribution in [0.15, 0.2) is 89.9 Å². The minimum atomic E-state index is -5.08. The molecule has 64 heavy (non-hydrogen) atoms. The molecular weight excluding hydrogens is 858 g/mol. The number of imide groups is 1. The first kappa shape index (κ1) is 41.9. The Morgan fingerprint density at radius 2 is 1.78 bits per heavy atom. The number of nitrogens with two attached hydrogens (primary N) is 1. The van der Waals surface area contributed by atoms with E-state index in [1.165, 1.54) is 53.6 Å². The van der Waals surface area contributed by atoms with Crippen molar-refractivity contribution in [3.63, 3.8) is 0 Å².